The monoisotopic (exact) mass is 888 g/mol. The summed E-state index contributed by atoms with van der Waals surface area (Å²) in [6.45, 7) is 16.1. The number of aliphatic hydroxyl groups excluding tert-OH is 1. The van der Waals surface area contributed by atoms with Crippen LogP contribution in [0.15, 0.2) is 41.1 Å². The van der Waals surface area contributed by atoms with Crippen molar-refractivity contribution < 1.29 is 42.7 Å². The van der Waals surface area contributed by atoms with Gasteiger partial charge in [0.05, 0.1) is 28.6 Å². The van der Waals surface area contributed by atoms with E-state index in [0.29, 0.717) is 63.2 Å². The lowest BCUT2D eigenvalue weighted by atomic mass is 9.79. The first-order valence-electron chi connectivity index (χ1n) is 21.7. The molecule has 0 spiro atoms. The first-order valence-corrected chi connectivity index (χ1v) is 23.6. The van der Waals surface area contributed by atoms with Crippen LogP contribution in [0.25, 0.3) is 0 Å². The number of cyclic esters (lactones) is 1. The lowest BCUT2D eigenvalue weighted by molar-refractivity contribution is -0.262. The lowest BCUT2D eigenvalue weighted by Crippen LogP contribution is -2.59. The minimum Gasteiger partial charge on any atom is -0.459 e. The van der Waals surface area contributed by atoms with Crippen LogP contribution in [-0.4, -0.2) is 151 Å². The predicted octanol–water partition coefficient (Wildman–Crippen LogP) is 4.28. The molecule has 0 bridgehead atoms. The molecule has 1 aromatic carbocycles. The molecular formula is C44H78ClN5O9S. The fraction of sp³-hybridized carbons (Fsp3) is 0.795. The molecule has 2 heterocycles. The van der Waals surface area contributed by atoms with Gasteiger partial charge < -0.3 is 50.4 Å². The van der Waals surface area contributed by atoms with Crippen LogP contribution >= 0.6 is 11.6 Å². The van der Waals surface area contributed by atoms with Crippen LogP contribution in [0.1, 0.15) is 99.5 Å². The molecule has 14 nitrogen and oxygen atoms in total. The minimum atomic E-state index is -3.50. The highest BCUT2D eigenvalue weighted by Crippen LogP contribution is 2.36. The van der Waals surface area contributed by atoms with Crippen LogP contribution in [-0.2, 0) is 35.4 Å². The number of nitrogens with two attached hydrogens (primary N) is 1. The van der Waals surface area contributed by atoms with Crippen molar-refractivity contribution in [3.63, 3.8) is 0 Å². The van der Waals surface area contributed by atoms with Gasteiger partial charge in [-0.3, -0.25) is 4.79 Å². The van der Waals surface area contributed by atoms with E-state index in [0.717, 1.165) is 12.0 Å². The number of nitrogens with zero attached hydrogens (tertiary/aromatic N) is 3. The first kappa shape index (κ1) is 52.3. The third kappa shape index (κ3) is 14.2. The van der Waals surface area contributed by atoms with E-state index in [4.69, 9.17) is 31.5 Å². The van der Waals surface area contributed by atoms with Crippen LogP contribution in [0, 0.1) is 17.8 Å². The summed E-state index contributed by atoms with van der Waals surface area (Å²) in [7, 11) is 3.46. The van der Waals surface area contributed by atoms with Crippen molar-refractivity contribution in [2.75, 3.05) is 47.2 Å². The quantitative estimate of drug-likeness (QED) is 0.132. The average molecular weight is 889 g/mol. The highest BCUT2D eigenvalue weighted by atomic mass is 35.5. The Labute approximate surface area is 366 Å². The van der Waals surface area contributed by atoms with Gasteiger partial charge in [-0.25, -0.2) is 12.7 Å². The predicted molar refractivity (Wildman–Crippen MR) is 237 cm³/mol. The Morgan fingerprint density at radius 2 is 1.73 bits per heavy atom. The van der Waals surface area contributed by atoms with E-state index in [9.17, 15) is 28.5 Å². The minimum absolute atomic E-state index is 0.0103. The number of carbonyl (C=O) groups is 1. The summed E-state index contributed by atoms with van der Waals surface area (Å²) in [4.78, 5) is 18.0. The molecule has 346 valence electrons. The third-order valence-corrected chi connectivity index (χ3v) is 14.9. The molecule has 0 aliphatic carbocycles. The summed E-state index contributed by atoms with van der Waals surface area (Å²) in [6, 6.07) is 6.36. The van der Waals surface area contributed by atoms with Gasteiger partial charge in [0.25, 0.3) is 0 Å². The van der Waals surface area contributed by atoms with Crippen LogP contribution in [0.4, 0.5) is 0 Å². The number of aliphatic hydroxyl groups is 3. The fourth-order valence-corrected chi connectivity index (χ4v) is 10.0. The van der Waals surface area contributed by atoms with Crippen LogP contribution in [0.2, 0.25) is 0 Å². The smallest absolute Gasteiger partial charge is 0.309 e. The molecule has 2 aliphatic heterocycles. The maximum atomic E-state index is 13.5. The van der Waals surface area contributed by atoms with Gasteiger partial charge in [-0.1, -0.05) is 39.8 Å². The van der Waals surface area contributed by atoms with Crippen molar-refractivity contribution in [2.24, 2.45) is 23.5 Å². The van der Waals surface area contributed by atoms with Crippen LogP contribution in [0.3, 0.4) is 0 Å². The van der Waals surface area contributed by atoms with Gasteiger partial charge in [-0.2, -0.15) is 0 Å². The van der Waals surface area contributed by atoms with Gasteiger partial charge in [0.1, 0.15) is 17.8 Å². The van der Waals surface area contributed by atoms with E-state index < -0.39 is 63.8 Å². The molecule has 1 aromatic rings. The normalized spacial score (nSPS) is 35.4. The van der Waals surface area contributed by atoms with Crippen LogP contribution < -0.4 is 11.1 Å². The highest BCUT2D eigenvalue weighted by molar-refractivity contribution is 7.89. The van der Waals surface area contributed by atoms with E-state index in [1.165, 1.54) is 25.3 Å². The second kappa shape index (κ2) is 22.5. The molecule has 0 radical (unpaired) electrons. The summed E-state index contributed by atoms with van der Waals surface area (Å²) < 4.78 is 45.2. The molecule has 13 atom stereocenters. The molecule has 2 fully saturated rings. The SMILES string of the molecule is CC[C@H]1OC(=O)[C@H](C)C[C@H](C)[C@@H](O[C@H]2C[C@@H](N(C)CC/C(N)=C/N[C@H](CCl)Cc3ccc(S(=O)(=O)N(C)C)cc3)C[C@@H](C)O2)[C@](C)(O)C[C@@H](C)CN(C)[C@H](C)[C@@H](O)[C@]1(C)O. The zero-order chi connectivity index (χ0) is 45.3. The summed E-state index contributed by atoms with van der Waals surface area (Å²) in [5.74, 6) is -0.985. The van der Waals surface area contributed by atoms with E-state index >= 15 is 0 Å². The van der Waals surface area contributed by atoms with Crippen molar-refractivity contribution in [2.45, 2.75) is 165 Å². The molecule has 16 heteroatoms. The van der Waals surface area contributed by atoms with E-state index in [1.807, 2.05) is 39.6 Å². The zero-order valence-corrected chi connectivity index (χ0v) is 39.9. The summed E-state index contributed by atoms with van der Waals surface area (Å²) in [6.07, 6.45) is 1.96. The Kier molecular flexibility index (Phi) is 19.6. The number of hydrogen-bond donors (Lipinski definition) is 5. The summed E-state index contributed by atoms with van der Waals surface area (Å²) in [5.41, 5.74) is 5.12. The Bertz CT molecular complexity index is 1630. The first-order chi connectivity index (χ1) is 27.8. The van der Waals surface area contributed by atoms with E-state index in [-0.39, 0.29) is 34.9 Å². The summed E-state index contributed by atoms with van der Waals surface area (Å²) >= 11 is 6.30. The molecule has 6 N–H and O–H groups in total. The van der Waals surface area contributed by atoms with Crippen molar-refractivity contribution in [3.05, 3.63) is 41.7 Å². The van der Waals surface area contributed by atoms with E-state index in [1.54, 1.807) is 44.3 Å². The Morgan fingerprint density at radius 3 is 2.32 bits per heavy atom. The molecule has 0 aromatic heterocycles. The standard InChI is InChI=1S/C44H78ClN5O9S/c1-13-38-44(8,54)40(51)32(6)50(12)27-28(2)24-43(7,53)41(29(3)20-30(4)42(52)58-38)59-39-23-36(21-31(5)57-39)49(11)19-18-34(46)26-47-35(25-45)22-33-14-16-37(17-15-33)60(55,56)48(9)10/h14-17,26,28-32,35-36,38-41,47,51,53-54H,13,18-25,27,46H2,1-12H3/b34-26-/t28-,29+,30-,31-,32-,35+,36+,38-,39+,40-,41-,43-,44-/m1/s1. The molecule has 60 heavy (non-hydrogen) atoms. The molecule has 2 aliphatic rings. The average Bonchev–Trinajstić information content (AvgIpc) is 3.17. The largest absolute Gasteiger partial charge is 0.459 e. The number of esters is 1. The molecule has 0 saturated carbocycles. The third-order valence-electron chi connectivity index (χ3n) is 12.7. The maximum absolute atomic E-state index is 13.5. The maximum Gasteiger partial charge on any atom is 0.309 e. The second-order valence-electron chi connectivity index (χ2n) is 18.6. The van der Waals surface area contributed by atoms with Gasteiger partial charge in [-0.05, 0) is 103 Å². The zero-order valence-electron chi connectivity index (χ0n) is 38.3. The number of likely N-dealkylation sites (N-methyl/N-ethyl adjacent to an activating group) is 1. The van der Waals surface area contributed by atoms with Gasteiger partial charge in [0.2, 0.25) is 10.0 Å². The van der Waals surface area contributed by atoms with Gasteiger partial charge in [0.15, 0.2) is 6.29 Å². The summed E-state index contributed by atoms with van der Waals surface area (Å²) in [5, 5.41) is 38.4. The van der Waals surface area contributed by atoms with Crippen molar-refractivity contribution in [1.29, 1.82) is 0 Å². The second-order valence-corrected chi connectivity index (χ2v) is 21.1. The van der Waals surface area contributed by atoms with Crippen molar-refractivity contribution >= 4 is 27.6 Å². The highest BCUT2D eigenvalue weighted by Gasteiger charge is 2.47. The van der Waals surface area contributed by atoms with Gasteiger partial charge in [0, 0.05) is 75.9 Å². The Balaban J connectivity index is 1.70. The number of nitrogens with one attached hydrogen (secondary N) is 1. The number of carbonyl (C=O) groups excluding carboxylic acids is 1. The number of sulfonamides is 1. The number of rotatable bonds is 14. The Morgan fingerprint density at radius 1 is 1.10 bits per heavy atom. The molecule has 2 saturated heterocycles. The number of ether oxygens (including phenoxy) is 3. The Hall–Kier alpha value is -2.05. The van der Waals surface area contributed by atoms with Crippen molar-refractivity contribution in [3.8, 4) is 0 Å². The van der Waals surface area contributed by atoms with Crippen molar-refractivity contribution in [1.82, 2.24) is 19.4 Å². The van der Waals surface area contributed by atoms with Gasteiger partial charge >= 0.3 is 5.97 Å². The lowest BCUT2D eigenvalue weighted by Gasteiger charge is -2.44. The van der Waals surface area contributed by atoms with Crippen LogP contribution in [0.5, 0.6) is 0 Å². The topological polar surface area (TPSA) is 187 Å². The molecule has 3 rings (SSSR count). The number of hydrogen-bond acceptors (Lipinski definition) is 13. The molecular weight excluding hydrogens is 810 g/mol. The number of benzene rings is 1. The molecule has 0 amide bonds. The number of alkyl halides is 1. The van der Waals surface area contributed by atoms with E-state index in [2.05, 4.69) is 24.2 Å². The van der Waals surface area contributed by atoms with Gasteiger partial charge in [-0.15, -0.1) is 11.6 Å². The fourth-order valence-electron chi connectivity index (χ4n) is 8.93. The number of halogens is 1. The molecule has 0 unspecified atom stereocenters.